The quantitative estimate of drug-likeness (QED) is 0.355. The van der Waals surface area contributed by atoms with Gasteiger partial charge in [-0.2, -0.15) is 13.2 Å². The number of halogens is 4. The summed E-state index contributed by atoms with van der Waals surface area (Å²) in [7, 11) is 1.87. The van der Waals surface area contributed by atoms with Crippen molar-refractivity contribution in [2.45, 2.75) is 31.4 Å². The van der Waals surface area contributed by atoms with Gasteiger partial charge in [-0.25, -0.2) is 9.38 Å². The third kappa shape index (κ3) is 5.70. The second-order valence-electron chi connectivity index (χ2n) is 9.67. The molecule has 202 valence electrons. The molecule has 38 heavy (non-hydrogen) atoms. The zero-order chi connectivity index (χ0) is 27.0. The van der Waals surface area contributed by atoms with Crippen molar-refractivity contribution in [3.63, 3.8) is 0 Å². The van der Waals surface area contributed by atoms with Gasteiger partial charge in [0.05, 0.1) is 41.1 Å². The number of thiophene rings is 1. The van der Waals surface area contributed by atoms with E-state index in [2.05, 4.69) is 27.2 Å². The highest BCUT2D eigenvalue weighted by Crippen LogP contribution is 2.32. The van der Waals surface area contributed by atoms with Gasteiger partial charge in [0.15, 0.2) is 5.84 Å². The summed E-state index contributed by atoms with van der Waals surface area (Å²) in [6.45, 7) is 4.48. The molecule has 0 spiro atoms. The monoisotopic (exact) mass is 547 g/mol. The van der Waals surface area contributed by atoms with E-state index in [1.165, 1.54) is 15.9 Å². The second kappa shape index (κ2) is 10.4. The Balaban J connectivity index is 1.41. The summed E-state index contributed by atoms with van der Waals surface area (Å²) in [5.74, 6) is 0.237. The average molecular weight is 548 g/mol. The molecule has 4 N–H and O–H groups in total. The van der Waals surface area contributed by atoms with E-state index in [0.717, 1.165) is 12.1 Å². The average Bonchev–Trinajstić information content (AvgIpc) is 3.58. The van der Waals surface area contributed by atoms with Crippen LogP contribution >= 0.6 is 11.3 Å². The van der Waals surface area contributed by atoms with Gasteiger partial charge in [0, 0.05) is 40.8 Å². The van der Waals surface area contributed by atoms with Crippen molar-refractivity contribution in [2.24, 2.45) is 9.98 Å². The molecule has 3 aromatic rings. The van der Waals surface area contributed by atoms with Gasteiger partial charge in [0.2, 0.25) is 0 Å². The molecule has 0 amide bonds. The van der Waals surface area contributed by atoms with Gasteiger partial charge < -0.3 is 25.8 Å². The number of piperidine rings is 1. The Morgan fingerprint density at radius 1 is 1.29 bits per heavy atom. The van der Waals surface area contributed by atoms with E-state index >= 15 is 0 Å². The lowest BCUT2D eigenvalue weighted by molar-refractivity contribution is -0.139. The number of likely N-dealkylation sites (tertiary alicyclic amines) is 1. The van der Waals surface area contributed by atoms with Gasteiger partial charge in [0.25, 0.3) is 0 Å². The zero-order valence-electron chi connectivity index (χ0n) is 20.9. The molecule has 0 aliphatic carbocycles. The Morgan fingerprint density at radius 2 is 2.11 bits per heavy atom. The molecule has 2 aliphatic heterocycles. The lowest BCUT2D eigenvalue weighted by atomic mass is 10.0. The molecule has 12 heteroatoms. The highest BCUT2D eigenvalue weighted by molar-refractivity contribution is 7.14. The fourth-order valence-corrected chi connectivity index (χ4v) is 5.47. The molecular formula is C26H29F4N7S. The van der Waals surface area contributed by atoms with E-state index in [9.17, 15) is 17.6 Å². The zero-order valence-corrected chi connectivity index (χ0v) is 21.7. The molecule has 1 fully saturated rings. The van der Waals surface area contributed by atoms with Crippen molar-refractivity contribution >= 4 is 50.2 Å². The second-order valence-corrected chi connectivity index (χ2v) is 10.6. The fourth-order valence-electron chi connectivity index (χ4n) is 4.81. The van der Waals surface area contributed by atoms with Crippen molar-refractivity contribution in [3.05, 3.63) is 53.5 Å². The van der Waals surface area contributed by atoms with Gasteiger partial charge in [-0.15, -0.1) is 11.3 Å². The van der Waals surface area contributed by atoms with Gasteiger partial charge in [-0.05, 0) is 37.7 Å². The third-order valence-corrected chi connectivity index (χ3v) is 7.51. The summed E-state index contributed by atoms with van der Waals surface area (Å²) in [5, 5.41) is 9.57. The van der Waals surface area contributed by atoms with Crippen LogP contribution < -0.4 is 16.4 Å². The molecule has 1 saturated heterocycles. The predicted octanol–water partition coefficient (Wildman–Crippen LogP) is 4.76. The molecule has 0 bridgehead atoms. The van der Waals surface area contributed by atoms with Crippen LogP contribution in [0.2, 0.25) is 0 Å². The SMILES string of the molecule is C=C(NCC1=NC(c2cc3c(NC4CCN(C)CC4F)cccc3n2CC(F)(F)F)=NC1)c1csc(N)c1. The van der Waals surface area contributed by atoms with E-state index in [1.807, 2.05) is 23.4 Å². The van der Waals surface area contributed by atoms with Crippen LogP contribution in [0.5, 0.6) is 0 Å². The molecule has 1 aromatic carbocycles. The molecule has 0 saturated carbocycles. The van der Waals surface area contributed by atoms with Crippen molar-refractivity contribution in [2.75, 3.05) is 44.3 Å². The number of aliphatic imine (C=N–C) groups is 2. The summed E-state index contributed by atoms with van der Waals surface area (Å²) in [6, 6.07) is 8.15. The summed E-state index contributed by atoms with van der Waals surface area (Å²) in [5.41, 5.74) is 9.26. The van der Waals surface area contributed by atoms with Crippen LogP contribution in [0.4, 0.5) is 28.3 Å². The van der Waals surface area contributed by atoms with E-state index < -0.39 is 24.9 Å². The molecule has 2 aliphatic rings. The highest BCUT2D eigenvalue weighted by Gasteiger charge is 2.32. The van der Waals surface area contributed by atoms with Crippen LogP contribution in [0.3, 0.4) is 0 Å². The molecule has 2 unspecified atom stereocenters. The number of aromatic nitrogens is 1. The number of hydrogen-bond acceptors (Lipinski definition) is 7. The number of benzene rings is 1. The Kier molecular flexibility index (Phi) is 7.19. The smallest absolute Gasteiger partial charge is 0.391 e. The maximum Gasteiger partial charge on any atom is 0.406 e. The molecule has 2 atom stereocenters. The first-order valence-electron chi connectivity index (χ1n) is 12.2. The van der Waals surface area contributed by atoms with Gasteiger partial charge >= 0.3 is 6.18 Å². The Hall–Kier alpha value is -3.38. The maximum atomic E-state index is 14.7. The summed E-state index contributed by atoms with van der Waals surface area (Å²) in [4.78, 5) is 10.9. The van der Waals surface area contributed by atoms with Crippen molar-refractivity contribution in [1.82, 2.24) is 14.8 Å². The topological polar surface area (TPSA) is 83.0 Å². The Morgan fingerprint density at radius 3 is 2.82 bits per heavy atom. The predicted molar refractivity (Wildman–Crippen MR) is 147 cm³/mol. The first-order chi connectivity index (χ1) is 18.1. The number of nitrogens with two attached hydrogens (primary N) is 1. The molecule has 5 rings (SSSR count). The Labute approximate surface area is 221 Å². The summed E-state index contributed by atoms with van der Waals surface area (Å²) in [6.07, 6.45) is -4.93. The number of hydrogen-bond donors (Lipinski definition) is 3. The number of anilines is 2. The van der Waals surface area contributed by atoms with Crippen molar-refractivity contribution < 1.29 is 17.6 Å². The maximum absolute atomic E-state index is 14.7. The number of alkyl halides is 4. The van der Waals surface area contributed by atoms with E-state index in [1.54, 1.807) is 24.3 Å². The minimum absolute atomic E-state index is 0.237. The largest absolute Gasteiger partial charge is 0.406 e. The van der Waals surface area contributed by atoms with Gasteiger partial charge in [-0.1, -0.05) is 12.6 Å². The van der Waals surface area contributed by atoms with Crippen LogP contribution in [-0.2, 0) is 6.54 Å². The molecule has 0 radical (unpaired) electrons. The molecule has 7 nitrogen and oxygen atoms in total. The van der Waals surface area contributed by atoms with Crippen LogP contribution in [-0.4, -0.2) is 72.6 Å². The molecular weight excluding hydrogens is 518 g/mol. The van der Waals surface area contributed by atoms with Gasteiger partial charge in [0.1, 0.15) is 12.7 Å². The normalized spacial score (nSPS) is 20.4. The van der Waals surface area contributed by atoms with E-state index in [0.29, 0.717) is 52.5 Å². The Bertz CT molecular complexity index is 1400. The van der Waals surface area contributed by atoms with Gasteiger partial charge in [-0.3, -0.25) is 4.99 Å². The molecule has 2 aromatic heterocycles. The standard InChI is InChI=1S/C26H29F4N7S/c1-15(16-8-24(31)38-13-16)32-10-17-11-33-25(34-17)23-9-18-20(35-21-6-7-36(2)12-19(21)27)4-3-5-22(18)37(23)14-26(28,29)30/h3-5,8-9,13,19,21,32,35H,1,6-7,10-12,14,31H2,2H3. The number of nitrogens with one attached hydrogen (secondary N) is 2. The number of nitrogen functional groups attached to an aromatic ring is 1. The lowest BCUT2D eigenvalue weighted by Crippen LogP contribution is -2.46. The number of amidine groups is 1. The third-order valence-electron chi connectivity index (χ3n) is 6.75. The first kappa shape index (κ1) is 26.2. The summed E-state index contributed by atoms with van der Waals surface area (Å²) >= 11 is 1.41. The lowest BCUT2D eigenvalue weighted by Gasteiger charge is -2.33. The molecule has 4 heterocycles. The van der Waals surface area contributed by atoms with Crippen LogP contribution in [0, 0.1) is 0 Å². The van der Waals surface area contributed by atoms with Crippen LogP contribution in [0.15, 0.2) is 52.3 Å². The van der Waals surface area contributed by atoms with Crippen molar-refractivity contribution in [3.8, 4) is 0 Å². The fraction of sp³-hybridized carbons (Fsp3) is 0.385. The summed E-state index contributed by atoms with van der Waals surface area (Å²) < 4.78 is 56.8. The van der Waals surface area contributed by atoms with Crippen LogP contribution in [0.1, 0.15) is 17.7 Å². The highest BCUT2D eigenvalue weighted by atomic mass is 32.1. The van der Waals surface area contributed by atoms with E-state index in [4.69, 9.17) is 5.73 Å². The minimum atomic E-state index is -4.45. The van der Waals surface area contributed by atoms with Crippen LogP contribution in [0.25, 0.3) is 16.6 Å². The van der Waals surface area contributed by atoms with E-state index in [-0.39, 0.29) is 18.1 Å². The number of nitrogens with zero attached hydrogens (tertiary/aromatic N) is 4. The number of rotatable bonds is 8. The van der Waals surface area contributed by atoms with Crippen molar-refractivity contribution in [1.29, 1.82) is 0 Å². The first-order valence-corrected chi connectivity index (χ1v) is 13.1. The minimum Gasteiger partial charge on any atom is -0.391 e. The number of fused-ring (bicyclic) bond motifs is 1.